The molecule has 1 amide bonds. The molecule has 0 unspecified atom stereocenters. The fourth-order valence-corrected chi connectivity index (χ4v) is 3.47. The van der Waals surface area contributed by atoms with E-state index in [-0.39, 0.29) is 0 Å². The van der Waals surface area contributed by atoms with Crippen LogP contribution in [0.1, 0.15) is 13.8 Å². The van der Waals surface area contributed by atoms with Crippen molar-refractivity contribution in [3.8, 4) is 21.8 Å². The van der Waals surface area contributed by atoms with Gasteiger partial charge in [-0.3, -0.25) is 5.32 Å². The number of hydrogen-bond donors (Lipinski definition) is 1. The Labute approximate surface area is 161 Å². The zero-order valence-electron chi connectivity index (χ0n) is 14.5. The van der Waals surface area contributed by atoms with E-state index in [1.54, 1.807) is 0 Å². The zero-order chi connectivity index (χ0) is 18.5. The molecular weight excluding hydrogens is 368 g/mol. The molecule has 2 aromatic carbocycles. The molecule has 0 bridgehead atoms. The van der Waals surface area contributed by atoms with Crippen molar-refractivity contribution >= 4 is 34.7 Å². The van der Waals surface area contributed by atoms with E-state index in [9.17, 15) is 4.79 Å². The van der Waals surface area contributed by atoms with E-state index in [4.69, 9.17) is 16.3 Å². The van der Waals surface area contributed by atoms with Gasteiger partial charge in [-0.2, -0.15) is 0 Å². The maximum absolute atomic E-state index is 11.8. The van der Waals surface area contributed by atoms with Crippen molar-refractivity contribution in [1.82, 2.24) is 4.98 Å². The molecule has 0 aliphatic carbocycles. The predicted octanol–water partition coefficient (Wildman–Crippen LogP) is 6.34. The number of ether oxygens (including phenoxy) is 1. The number of nitrogens with zero attached hydrogens (tertiary/aromatic N) is 1. The summed E-state index contributed by atoms with van der Waals surface area (Å²) in [5.41, 5.74) is 3.34. The van der Waals surface area contributed by atoms with Crippen LogP contribution in [0, 0.1) is 5.92 Å². The molecule has 1 N–H and O–H groups in total. The number of amides is 1. The van der Waals surface area contributed by atoms with Crippen LogP contribution in [0.5, 0.6) is 0 Å². The van der Waals surface area contributed by atoms with Crippen LogP contribution in [0.25, 0.3) is 21.8 Å². The van der Waals surface area contributed by atoms with E-state index >= 15 is 0 Å². The summed E-state index contributed by atoms with van der Waals surface area (Å²) in [5.74, 6) is 0.297. The first-order valence-corrected chi connectivity index (χ1v) is 9.53. The Balaban J connectivity index is 1.77. The molecule has 0 spiro atoms. The molecule has 1 aromatic heterocycles. The van der Waals surface area contributed by atoms with Gasteiger partial charge >= 0.3 is 6.09 Å². The Morgan fingerprint density at radius 1 is 1.23 bits per heavy atom. The van der Waals surface area contributed by atoms with Crippen molar-refractivity contribution in [2.75, 3.05) is 11.9 Å². The molecule has 1 heterocycles. The van der Waals surface area contributed by atoms with Crippen LogP contribution in [-0.2, 0) is 4.74 Å². The number of halogens is 1. The zero-order valence-corrected chi connectivity index (χ0v) is 16.1. The lowest BCUT2D eigenvalue weighted by Gasteiger charge is -2.09. The number of hydrogen-bond acceptors (Lipinski definition) is 4. The molecule has 0 aliphatic heterocycles. The fourth-order valence-electron chi connectivity index (χ4n) is 2.32. The highest BCUT2D eigenvalue weighted by Gasteiger charge is 2.11. The summed E-state index contributed by atoms with van der Waals surface area (Å²) in [7, 11) is 0. The molecule has 26 heavy (non-hydrogen) atoms. The number of anilines is 1. The van der Waals surface area contributed by atoms with E-state index in [0.29, 0.717) is 23.2 Å². The highest BCUT2D eigenvalue weighted by molar-refractivity contribution is 7.13. The quantitative estimate of drug-likeness (QED) is 0.557. The number of benzene rings is 2. The molecule has 6 heteroatoms. The number of thiazole rings is 1. The normalized spacial score (nSPS) is 10.8. The van der Waals surface area contributed by atoms with Gasteiger partial charge in [-0.05, 0) is 24.1 Å². The summed E-state index contributed by atoms with van der Waals surface area (Å²) >= 11 is 7.79. The van der Waals surface area contributed by atoms with E-state index in [0.717, 1.165) is 21.8 Å². The van der Waals surface area contributed by atoms with Gasteiger partial charge in [-0.15, -0.1) is 11.3 Å². The predicted molar refractivity (Wildman–Crippen MR) is 108 cm³/mol. The molecule has 4 nitrogen and oxygen atoms in total. The van der Waals surface area contributed by atoms with Gasteiger partial charge < -0.3 is 4.74 Å². The van der Waals surface area contributed by atoms with Gasteiger partial charge in [0.15, 0.2) is 0 Å². The average Bonchev–Trinajstić information content (AvgIpc) is 3.10. The van der Waals surface area contributed by atoms with Gasteiger partial charge in [-0.1, -0.05) is 55.8 Å². The minimum Gasteiger partial charge on any atom is -0.449 e. The number of nitrogens with one attached hydrogen (secondary N) is 1. The van der Waals surface area contributed by atoms with Crippen molar-refractivity contribution in [2.45, 2.75) is 13.8 Å². The molecule has 0 radical (unpaired) electrons. The minimum absolute atomic E-state index is 0.297. The Morgan fingerprint density at radius 2 is 2.04 bits per heavy atom. The van der Waals surface area contributed by atoms with Gasteiger partial charge in [-0.25, -0.2) is 9.78 Å². The fraction of sp³-hybridized carbons (Fsp3) is 0.200. The second kappa shape index (κ2) is 8.34. The largest absolute Gasteiger partial charge is 0.449 e. The van der Waals surface area contributed by atoms with Crippen LogP contribution in [0.2, 0.25) is 5.02 Å². The lowest BCUT2D eigenvalue weighted by atomic mass is 10.1. The molecule has 0 saturated heterocycles. The van der Waals surface area contributed by atoms with Crippen LogP contribution in [0.3, 0.4) is 0 Å². The third-order valence-electron chi connectivity index (χ3n) is 3.56. The highest BCUT2D eigenvalue weighted by Crippen LogP contribution is 2.33. The molecule has 0 fully saturated rings. The topological polar surface area (TPSA) is 51.2 Å². The molecule has 134 valence electrons. The van der Waals surface area contributed by atoms with Crippen molar-refractivity contribution in [2.24, 2.45) is 5.92 Å². The Hall–Kier alpha value is -2.37. The highest BCUT2D eigenvalue weighted by atomic mass is 35.5. The van der Waals surface area contributed by atoms with Gasteiger partial charge in [0.2, 0.25) is 0 Å². The van der Waals surface area contributed by atoms with E-state index in [1.165, 1.54) is 11.3 Å². The van der Waals surface area contributed by atoms with Gasteiger partial charge in [0, 0.05) is 22.2 Å². The van der Waals surface area contributed by atoms with Crippen LogP contribution in [-0.4, -0.2) is 17.7 Å². The third-order valence-corrected chi connectivity index (χ3v) is 4.77. The van der Waals surface area contributed by atoms with Gasteiger partial charge in [0.05, 0.1) is 17.3 Å². The summed E-state index contributed by atoms with van der Waals surface area (Å²) in [4.78, 5) is 16.5. The summed E-state index contributed by atoms with van der Waals surface area (Å²) in [6.45, 7) is 4.37. The monoisotopic (exact) mass is 386 g/mol. The lowest BCUT2D eigenvalue weighted by molar-refractivity contribution is 0.147. The number of carbonyl (C=O) groups is 1. The minimum atomic E-state index is -0.453. The molecule has 3 rings (SSSR count). The molecule has 0 atom stereocenters. The van der Waals surface area contributed by atoms with Crippen LogP contribution in [0.15, 0.2) is 53.9 Å². The molecule has 0 saturated carbocycles. The molecule has 0 aliphatic rings. The van der Waals surface area contributed by atoms with Crippen LogP contribution in [0.4, 0.5) is 10.5 Å². The van der Waals surface area contributed by atoms with Crippen molar-refractivity contribution in [3.05, 3.63) is 58.9 Å². The SMILES string of the molecule is CC(C)COC(=O)Nc1cccc(-c2csc(-c3ccccc3Cl)n2)c1. The van der Waals surface area contributed by atoms with Crippen LogP contribution < -0.4 is 5.32 Å². The maximum Gasteiger partial charge on any atom is 0.411 e. The smallest absolute Gasteiger partial charge is 0.411 e. The first-order valence-electron chi connectivity index (χ1n) is 8.27. The molecule has 3 aromatic rings. The lowest BCUT2D eigenvalue weighted by Crippen LogP contribution is -2.16. The number of rotatable bonds is 5. The summed E-state index contributed by atoms with van der Waals surface area (Å²) in [6, 6.07) is 15.2. The second-order valence-electron chi connectivity index (χ2n) is 6.22. The van der Waals surface area contributed by atoms with Crippen molar-refractivity contribution in [1.29, 1.82) is 0 Å². The molecular formula is C20H19ClN2O2S. The first-order chi connectivity index (χ1) is 12.5. The second-order valence-corrected chi connectivity index (χ2v) is 7.48. The first kappa shape index (κ1) is 18.4. The maximum atomic E-state index is 11.8. The van der Waals surface area contributed by atoms with Crippen molar-refractivity contribution < 1.29 is 9.53 Å². The van der Waals surface area contributed by atoms with Crippen molar-refractivity contribution in [3.63, 3.8) is 0 Å². The Morgan fingerprint density at radius 3 is 2.81 bits per heavy atom. The summed E-state index contributed by atoms with van der Waals surface area (Å²) in [5, 5.41) is 6.27. The standard InChI is InChI=1S/C20H19ClN2O2S/c1-13(2)11-25-20(24)22-15-7-5-6-14(10-15)18-12-26-19(23-18)16-8-3-4-9-17(16)21/h3-10,12-13H,11H2,1-2H3,(H,22,24). The number of carbonyl (C=O) groups excluding carboxylic acids is 1. The summed E-state index contributed by atoms with van der Waals surface area (Å²) in [6.07, 6.45) is -0.453. The van der Waals surface area contributed by atoms with Gasteiger partial charge in [0.25, 0.3) is 0 Å². The average molecular weight is 387 g/mol. The van der Waals surface area contributed by atoms with Gasteiger partial charge in [0.1, 0.15) is 5.01 Å². The third kappa shape index (κ3) is 4.62. The van der Waals surface area contributed by atoms with E-state index in [1.807, 2.05) is 67.8 Å². The summed E-state index contributed by atoms with van der Waals surface area (Å²) < 4.78 is 5.15. The Kier molecular flexibility index (Phi) is 5.91. The van der Waals surface area contributed by atoms with Crippen LogP contribution >= 0.6 is 22.9 Å². The van der Waals surface area contributed by atoms with E-state index in [2.05, 4.69) is 10.3 Å². The Bertz CT molecular complexity index is 908. The number of aromatic nitrogens is 1. The van der Waals surface area contributed by atoms with E-state index < -0.39 is 6.09 Å².